The summed E-state index contributed by atoms with van der Waals surface area (Å²) < 4.78 is 56.2. The Kier molecular flexibility index (Phi) is 5.67. The summed E-state index contributed by atoms with van der Waals surface area (Å²) in [6.07, 6.45) is 2.76. The van der Waals surface area contributed by atoms with Gasteiger partial charge in [0.15, 0.2) is 10.8 Å². The average molecular weight is 466 g/mol. The molecule has 0 N–H and O–H groups in total. The van der Waals surface area contributed by atoms with E-state index in [1.54, 1.807) is 7.05 Å². The summed E-state index contributed by atoms with van der Waals surface area (Å²) in [4.78, 5) is 17.2. The van der Waals surface area contributed by atoms with Crippen LogP contribution in [0.4, 0.5) is 8.78 Å². The molecule has 31 heavy (non-hydrogen) atoms. The quantitative estimate of drug-likeness (QED) is 0.539. The van der Waals surface area contributed by atoms with E-state index in [1.165, 1.54) is 57.8 Å². The van der Waals surface area contributed by atoms with E-state index in [4.69, 9.17) is 11.6 Å². The topological polar surface area (TPSA) is 72.3 Å². The van der Waals surface area contributed by atoms with Crippen LogP contribution in [0, 0.1) is 17.6 Å². The highest BCUT2D eigenvalue weighted by molar-refractivity contribution is 7.89. The third-order valence-corrected chi connectivity index (χ3v) is 7.43. The van der Waals surface area contributed by atoms with Gasteiger partial charge in [-0.15, -0.1) is 0 Å². The molecule has 1 fully saturated rings. The monoisotopic (exact) mass is 465 g/mol. The number of benzene rings is 2. The molecular weight excluding hydrogens is 448 g/mol. The number of Topliss-reactive ketones (excluding diaryl/α,β-unsaturated/α-hetero) is 1. The molecule has 0 spiro atoms. The fourth-order valence-electron chi connectivity index (χ4n) is 3.80. The molecular formula is C21H18ClF2N3O3S. The van der Waals surface area contributed by atoms with Gasteiger partial charge in [0.25, 0.3) is 10.0 Å². The van der Waals surface area contributed by atoms with Gasteiger partial charge in [-0.2, -0.15) is 4.31 Å². The van der Waals surface area contributed by atoms with E-state index >= 15 is 0 Å². The number of hydrogen-bond donors (Lipinski definition) is 0. The van der Waals surface area contributed by atoms with Gasteiger partial charge in [0, 0.05) is 43.7 Å². The molecule has 0 radical (unpaired) electrons. The van der Waals surface area contributed by atoms with Crippen molar-refractivity contribution in [2.45, 2.75) is 10.9 Å². The lowest BCUT2D eigenvalue weighted by molar-refractivity contribution is 0.0917. The van der Waals surface area contributed by atoms with Crippen LogP contribution < -0.4 is 0 Å². The zero-order valence-corrected chi connectivity index (χ0v) is 17.9. The number of nitrogens with zero attached hydrogens (tertiary/aromatic N) is 3. The van der Waals surface area contributed by atoms with E-state index in [2.05, 4.69) is 4.98 Å². The summed E-state index contributed by atoms with van der Waals surface area (Å²) in [6.45, 7) is -0.0962. The summed E-state index contributed by atoms with van der Waals surface area (Å²) in [5.74, 6) is -2.91. The Bertz CT molecular complexity index is 1250. The third-order valence-electron chi connectivity index (χ3n) is 5.41. The van der Waals surface area contributed by atoms with Gasteiger partial charge in [-0.05, 0) is 35.9 Å². The van der Waals surface area contributed by atoms with Gasteiger partial charge in [0.1, 0.15) is 11.6 Å². The lowest BCUT2D eigenvalue weighted by Gasteiger charge is -2.18. The van der Waals surface area contributed by atoms with Crippen LogP contribution in [0.3, 0.4) is 0 Å². The number of halogens is 3. The van der Waals surface area contributed by atoms with Crippen LogP contribution in [0.2, 0.25) is 5.02 Å². The Hall–Kier alpha value is -2.62. The van der Waals surface area contributed by atoms with Crippen molar-refractivity contribution in [1.29, 1.82) is 0 Å². The van der Waals surface area contributed by atoms with E-state index in [0.717, 1.165) is 6.07 Å². The Labute approximate surface area is 183 Å². The molecule has 6 nitrogen and oxygen atoms in total. The van der Waals surface area contributed by atoms with Crippen molar-refractivity contribution in [3.63, 3.8) is 0 Å². The van der Waals surface area contributed by atoms with Gasteiger partial charge in [0.05, 0.1) is 11.3 Å². The summed E-state index contributed by atoms with van der Waals surface area (Å²) in [5.41, 5.74) is 0.712. The molecule has 0 aliphatic carbocycles. The van der Waals surface area contributed by atoms with Crippen molar-refractivity contribution in [3.05, 3.63) is 82.8 Å². The van der Waals surface area contributed by atoms with E-state index < -0.39 is 39.3 Å². The molecule has 2 atom stereocenters. The van der Waals surface area contributed by atoms with E-state index in [9.17, 15) is 22.0 Å². The minimum atomic E-state index is -3.95. The van der Waals surface area contributed by atoms with E-state index in [0.29, 0.717) is 5.56 Å². The minimum Gasteiger partial charge on any atom is -0.339 e. The number of carbonyl (C=O) groups excluding carboxylic acids is 1. The number of sulfonamides is 1. The third kappa shape index (κ3) is 4.13. The molecule has 0 unspecified atom stereocenters. The van der Waals surface area contributed by atoms with Crippen LogP contribution in [0.25, 0.3) is 0 Å². The highest BCUT2D eigenvalue weighted by atomic mass is 35.5. The first-order valence-electron chi connectivity index (χ1n) is 9.39. The standard InChI is InChI=1S/C21H18ClF2N3O3S/c1-26-11-20(25-12-26)31(29,30)27-9-16(13-2-5-15(23)6-3-13)17(10-27)21(28)14-4-7-18(22)19(24)8-14/h2-8,11-12,16-17H,9-10H2,1H3/t16-,17+/m1/s1. The number of imidazole rings is 1. The first-order chi connectivity index (χ1) is 14.7. The fraction of sp³-hybridized carbons (Fsp3) is 0.238. The van der Waals surface area contributed by atoms with Gasteiger partial charge in [0.2, 0.25) is 0 Å². The van der Waals surface area contributed by atoms with Gasteiger partial charge >= 0.3 is 0 Å². The maximum Gasteiger partial charge on any atom is 0.262 e. The summed E-state index contributed by atoms with van der Waals surface area (Å²) in [5, 5.41) is -0.240. The predicted octanol–water partition coefficient (Wildman–Crippen LogP) is 3.64. The van der Waals surface area contributed by atoms with Crippen LogP contribution >= 0.6 is 11.6 Å². The van der Waals surface area contributed by atoms with Crippen molar-refractivity contribution in [2.75, 3.05) is 13.1 Å². The SMILES string of the molecule is Cn1cnc(S(=O)(=O)N2C[C@H](C(=O)c3ccc(Cl)c(F)c3)[C@@H](c3ccc(F)cc3)C2)c1. The average Bonchev–Trinajstić information content (AvgIpc) is 3.38. The largest absolute Gasteiger partial charge is 0.339 e. The van der Waals surface area contributed by atoms with Gasteiger partial charge in [-0.3, -0.25) is 4.79 Å². The first-order valence-corrected chi connectivity index (χ1v) is 11.2. The number of rotatable bonds is 5. The number of carbonyl (C=O) groups is 1. The predicted molar refractivity (Wildman–Crippen MR) is 110 cm³/mol. The Balaban J connectivity index is 1.72. The van der Waals surface area contributed by atoms with Crippen molar-refractivity contribution in [2.24, 2.45) is 13.0 Å². The molecule has 2 aromatic carbocycles. The lowest BCUT2D eigenvalue weighted by Crippen LogP contribution is -2.30. The van der Waals surface area contributed by atoms with E-state index in [-0.39, 0.29) is 28.7 Å². The number of hydrogen-bond acceptors (Lipinski definition) is 4. The minimum absolute atomic E-state index is 0.0109. The molecule has 0 amide bonds. The van der Waals surface area contributed by atoms with Crippen LogP contribution in [-0.4, -0.2) is 41.1 Å². The van der Waals surface area contributed by atoms with Crippen molar-refractivity contribution in [1.82, 2.24) is 13.9 Å². The van der Waals surface area contributed by atoms with Crippen molar-refractivity contribution in [3.8, 4) is 0 Å². The fourth-order valence-corrected chi connectivity index (χ4v) is 5.37. The maximum atomic E-state index is 13.9. The number of aryl methyl sites for hydroxylation is 1. The highest BCUT2D eigenvalue weighted by Crippen LogP contribution is 2.37. The summed E-state index contributed by atoms with van der Waals surface area (Å²) in [7, 11) is -2.30. The van der Waals surface area contributed by atoms with Crippen molar-refractivity contribution >= 4 is 27.4 Å². The molecule has 3 aromatic rings. The Morgan fingerprint density at radius 2 is 1.84 bits per heavy atom. The number of ketones is 1. The Morgan fingerprint density at radius 3 is 2.45 bits per heavy atom. The molecule has 162 valence electrons. The summed E-state index contributed by atoms with van der Waals surface area (Å²) >= 11 is 5.72. The molecule has 1 aliphatic rings. The molecule has 0 saturated carbocycles. The van der Waals surface area contributed by atoms with Gasteiger partial charge < -0.3 is 4.57 Å². The first kappa shape index (κ1) is 21.6. The second-order valence-electron chi connectivity index (χ2n) is 7.46. The van der Waals surface area contributed by atoms with Gasteiger partial charge in [-0.1, -0.05) is 23.7 Å². The smallest absolute Gasteiger partial charge is 0.262 e. The van der Waals surface area contributed by atoms with E-state index in [1.807, 2.05) is 0 Å². The second-order valence-corrected chi connectivity index (χ2v) is 9.75. The molecule has 4 rings (SSSR count). The van der Waals surface area contributed by atoms with Crippen molar-refractivity contribution < 1.29 is 22.0 Å². The zero-order valence-electron chi connectivity index (χ0n) is 16.4. The Morgan fingerprint density at radius 1 is 1.13 bits per heavy atom. The van der Waals surface area contributed by atoms with Crippen LogP contribution in [-0.2, 0) is 17.1 Å². The van der Waals surface area contributed by atoms with Crippen LogP contribution in [0.5, 0.6) is 0 Å². The number of aromatic nitrogens is 2. The van der Waals surface area contributed by atoms with Gasteiger partial charge in [-0.25, -0.2) is 22.2 Å². The highest BCUT2D eigenvalue weighted by Gasteiger charge is 2.44. The molecule has 10 heteroatoms. The second kappa shape index (κ2) is 8.14. The normalized spacial score (nSPS) is 19.6. The van der Waals surface area contributed by atoms with Crippen LogP contribution in [0.15, 0.2) is 60.0 Å². The zero-order chi connectivity index (χ0) is 22.3. The van der Waals surface area contributed by atoms with Crippen LogP contribution in [0.1, 0.15) is 21.8 Å². The molecule has 1 saturated heterocycles. The molecule has 1 aliphatic heterocycles. The maximum absolute atomic E-state index is 13.9. The summed E-state index contributed by atoms with van der Waals surface area (Å²) in [6, 6.07) is 9.31. The molecule has 0 bridgehead atoms. The molecule has 2 heterocycles. The molecule has 1 aromatic heterocycles. The lowest BCUT2D eigenvalue weighted by atomic mass is 9.84.